The van der Waals surface area contributed by atoms with Crippen molar-refractivity contribution in [1.82, 2.24) is 9.55 Å². The van der Waals surface area contributed by atoms with Gasteiger partial charge in [0.15, 0.2) is 0 Å². The summed E-state index contributed by atoms with van der Waals surface area (Å²) in [6, 6.07) is 5.96. The highest BCUT2D eigenvalue weighted by Crippen LogP contribution is 2.21. The quantitative estimate of drug-likeness (QED) is 0.533. The Morgan fingerprint density at radius 2 is 2.19 bits per heavy atom. The van der Waals surface area contributed by atoms with Gasteiger partial charge in [0.1, 0.15) is 16.7 Å². The summed E-state index contributed by atoms with van der Waals surface area (Å²) in [6.45, 7) is 3.66. The first-order valence-corrected chi connectivity index (χ1v) is 6.56. The summed E-state index contributed by atoms with van der Waals surface area (Å²) >= 11 is 5.74. The van der Waals surface area contributed by atoms with Crippen molar-refractivity contribution in [3.8, 4) is 0 Å². The molecule has 1 amide bonds. The molecule has 1 N–H and O–H groups in total. The molecule has 0 radical (unpaired) electrons. The fourth-order valence-electron chi connectivity index (χ4n) is 1.83. The molecule has 0 saturated carbocycles. The van der Waals surface area contributed by atoms with Gasteiger partial charge < -0.3 is 9.88 Å². The van der Waals surface area contributed by atoms with E-state index in [0.29, 0.717) is 0 Å². The summed E-state index contributed by atoms with van der Waals surface area (Å²) in [5.41, 5.74) is 0.0615. The number of nitro groups is 1. The maximum Gasteiger partial charge on any atom is 0.287 e. The number of anilines is 1. The van der Waals surface area contributed by atoms with E-state index in [9.17, 15) is 14.9 Å². The minimum absolute atomic E-state index is 0.0910. The van der Waals surface area contributed by atoms with Crippen molar-refractivity contribution in [2.24, 2.45) is 0 Å². The molecule has 0 aromatic carbocycles. The molecule has 0 aliphatic heterocycles. The fourth-order valence-corrected chi connectivity index (χ4v) is 2.00. The third kappa shape index (κ3) is 3.38. The summed E-state index contributed by atoms with van der Waals surface area (Å²) in [7, 11) is 0. The Hall–Kier alpha value is -2.41. The van der Waals surface area contributed by atoms with Gasteiger partial charge in [0.05, 0.1) is 11.1 Å². The summed E-state index contributed by atoms with van der Waals surface area (Å²) in [5, 5.41) is 13.7. The Bertz CT molecular complexity index is 696. The number of hydrogen-bond acceptors (Lipinski definition) is 4. The van der Waals surface area contributed by atoms with Crippen LogP contribution in [0.25, 0.3) is 0 Å². The lowest BCUT2D eigenvalue weighted by molar-refractivity contribution is -0.384. The highest BCUT2D eigenvalue weighted by Gasteiger charge is 2.21. The predicted molar refractivity (Wildman–Crippen MR) is 78.7 cm³/mol. The van der Waals surface area contributed by atoms with Crippen molar-refractivity contribution >= 4 is 29.0 Å². The molecule has 21 heavy (non-hydrogen) atoms. The third-order valence-corrected chi connectivity index (χ3v) is 3.00. The minimum Gasteiger partial charge on any atom is -0.335 e. The summed E-state index contributed by atoms with van der Waals surface area (Å²) in [4.78, 5) is 26.5. The number of halogens is 1. The number of carbonyl (C=O) groups is 1. The summed E-state index contributed by atoms with van der Waals surface area (Å²) < 4.78 is 1.54. The van der Waals surface area contributed by atoms with E-state index >= 15 is 0 Å². The smallest absolute Gasteiger partial charge is 0.287 e. The van der Waals surface area contributed by atoms with Crippen molar-refractivity contribution < 1.29 is 9.72 Å². The zero-order valence-electron chi connectivity index (χ0n) is 11.4. The zero-order chi connectivity index (χ0) is 15.6. The van der Waals surface area contributed by atoms with Crippen LogP contribution in [0.15, 0.2) is 30.5 Å². The molecule has 2 aromatic rings. The number of carbonyl (C=O) groups excluding carboxylic acids is 1. The average Bonchev–Trinajstić information content (AvgIpc) is 2.84. The van der Waals surface area contributed by atoms with E-state index in [1.807, 2.05) is 13.8 Å². The zero-order valence-corrected chi connectivity index (χ0v) is 12.2. The van der Waals surface area contributed by atoms with E-state index in [4.69, 9.17) is 11.6 Å². The molecule has 2 aromatic heterocycles. The summed E-state index contributed by atoms with van der Waals surface area (Å²) in [5.74, 6) is -0.196. The van der Waals surface area contributed by atoms with Gasteiger partial charge in [-0.1, -0.05) is 17.7 Å². The van der Waals surface area contributed by atoms with Crippen molar-refractivity contribution in [3.63, 3.8) is 0 Å². The molecule has 0 bridgehead atoms. The van der Waals surface area contributed by atoms with Gasteiger partial charge in [0.2, 0.25) is 0 Å². The second-order valence-electron chi connectivity index (χ2n) is 4.64. The van der Waals surface area contributed by atoms with Crippen molar-refractivity contribution in [2.75, 3.05) is 5.32 Å². The first kappa shape index (κ1) is 15.0. The minimum atomic E-state index is -0.534. The molecule has 0 saturated heterocycles. The Kier molecular flexibility index (Phi) is 4.23. The van der Waals surface area contributed by atoms with E-state index in [1.54, 1.807) is 18.2 Å². The molecule has 7 nitrogen and oxygen atoms in total. The lowest BCUT2D eigenvalue weighted by Gasteiger charge is -2.11. The van der Waals surface area contributed by atoms with Crippen LogP contribution in [0, 0.1) is 10.1 Å². The molecular formula is C13H13ClN4O3. The number of hydrogen-bond donors (Lipinski definition) is 1. The highest BCUT2D eigenvalue weighted by molar-refractivity contribution is 6.29. The molecule has 0 spiro atoms. The van der Waals surface area contributed by atoms with Crippen LogP contribution in [-0.4, -0.2) is 20.4 Å². The Balaban J connectivity index is 2.32. The maximum absolute atomic E-state index is 12.2. The average molecular weight is 309 g/mol. The van der Waals surface area contributed by atoms with Crippen molar-refractivity contribution in [2.45, 2.75) is 19.9 Å². The third-order valence-electron chi connectivity index (χ3n) is 2.79. The van der Waals surface area contributed by atoms with E-state index in [2.05, 4.69) is 10.3 Å². The Morgan fingerprint density at radius 3 is 2.76 bits per heavy atom. The van der Waals surface area contributed by atoms with Gasteiger partial charge in [-0.3, -0.25) is 14.9 Å². The fraction of sp³-hybridized carbons (Fsp3) is 0.231. The Labute approximate surface area is 125 Å². The molecule has 2 rings (SSSR count). The molecule has 0 atom stereocenters. The second-order valence-corrected chi connectivity index (χ2v) is 5.03. The van der Waals surface area contributed by atoms with E-state index in [1.165, 1.54) is 16.8 Å². The molecule has 0 aliphatic carbocycles. The largest absolute Gasteiger partial charge is 0.335 e. The van der Waals surface area contributed by atoms with Crippen LogP contribution >= 0.6 is 11.6 Å². The number of rotatable bonds is 4. The molecule has 0 unspecified atom stereocenters. The van der Waals surface area contributed by atoms with E-state index in [0.717, 1.165) is 0 Å². The first-order chi connectivity index (χ1) is 9.88. The topological polar surface area (TPSA) is 90.1 Å². The SMILES string of the molecule is CC(C)n1cc([N+](=O)[O-])cc1C(=O)Nc1cccc(Cl)n1. The molecule has 110 valence electrons. The van der Waals surface area contributed by atoms with E-state index < -0.39 is 10.8 Å². The van der Waals surface area contributed by atoms with Crippen LogP contribution in [0.5, 0.6) is 0 Å². The lowest BCUT2D eigenvalue weighted by Crippen LogP contribution is -2.18. The van der Waals surface area contributed by atoms with E-state index in [-0.39, 0.29) is 28.4 Å². The first-order valence-electron chi connectivity index (χ1n) is 6.18. The van der Waals surface area contributed by atoms with Crippen LogP contribution in [0.1, 0.15) is 30.4 Å². The summed E-state index contributed by atoms with van der Waals surface area (Å²) in [6.07, 6.45) is 1.34. The molecule has 2 heterocycles. The molecular weight excluding hydrogens is 296 g/mol. The van der Waals surface area contributed by atoms with Crippen LogP contribution in [0.2, 0.25) is 5.15 Å². The van der Waals surface area contributed by atoms with Gasteiger partial charge >= 0.3 is 0 Å². The standard InChI is InChI=1S/C13H13ClN4O3/c1-8(2)17-7-9(18(20)21)6-10(17)13(19)16-12-5-3-4-11(14)15-12/h3-8H,1-2H3,(H,15,16,19). The van der Waals surface area contributed by atoms with Crippen molar-refractivity contribution in [1.29, 1.82) is 0 Å². The van der Waals surface area contributed by atoms with Crippen LogP contribution in [0.4, 0.5) is 11.5 Å². The number of pyridine rings is 1. The van der Waals surface area contributed by atoms with Gasteiger partial charge in [-0.25, -0.2) is 4.98 Å². The van der Waals surface area contributed by atoms with Crippen LogP contribution in [-0.2, 0) is 0 Å². The van der Waals surface area contributed by atoms with Gasteiger partial charge in [-0.2, -0.15) is 0 Å². The normalized spacial score (nSPS) is 10.7. The number of nitrogens with one attached hydrogen (secondary N) is 1. The van der Waals surface area contributed by atoms with Crippen LogP contribution in [0.3, 0.4) is 0 Å². The predicted octanol–water partition coefficient (Wildman–Crippen LogP) is 3.28. The molecule has 0 aliphatic rings. The molecule has 0 fully saturated rings. The van der Waals surface area contributed by atoms with Crippen LogP contribution < -0.4 is 5.32 Å². The number of amides is 1. The van der Waals surface area contributed by atoms with Gasteiger partial charge in [-0.05, 0) is 26.0 Å². The lowest BCUT2D eigenvalue weighted by atomic mass is 10.3. The second kappa shape index (κ2) is 5.92. The maximum atomic E-state index is 12.2. The van der Waals surface area contributed by atoms with Gasteiger partial charge in [0.25, 0.3) is 11.6 Å². The highest BCUT2D eigenvalue weighted by atomic mass is 35.5. The molecule has 8 heteroatoms. The van der Waals surface area contributed by atoms with Crippen molar-refractivity contribution in [3.05, 3.63) is 51.4 Å². The van der Waals surface area contributed by atoms with Gasteiger partial charge in [0, 0.05) is 12.1 Å². The number of aromatic nitrogens is 2. The number of nitrogens with zero attached hydrogens (tertiary/aromatic N) is 3. The van der Waals surface area contributed by atoms with Gasteiger partial charge in [-0.15, -0.1) is 0 Å². The monoisotopic (exact) mass is 308 g/mol. The Morgan fingerprint density at radius 1 is 1.48 bits per heavy atom.